The molecule has 0 saturated carbocycles. The van der Waals surface area contributed by atoms with Crippen LogP contribution >= 0.6 is 0 Å². The van der Waals surface area contributed by atoms with Gasteiger partial charge in [0.25, 0.3) is 0 Å². The summed E-state index contributed by atoms with van der Waals surface area (Å²) >= 11 is 0. The van der Waals surface area contributed by atoms with Gasteiger partial charge in [-0.05, 0) is 55.6 Å². The van der Waals surface area contributed by atoms with Crippen LogP contribution in [0.25, 0.3) is 11.3 Å². The Bertz CT molecular complexity index is 704. The van der Waals surface area contributed by atoms with E-state index in [0.29, 0.717) is 0 Å². The first-order valence-electron chi connectivity index (χ1n) is 8.69. The summed E-state index contributed by atoms with van der Waals surface area (Å²) in [5.41, 5.74) is 4.87. The number of benzene rings is 1. The molecular weight excluding hydrogens is 300 g/mol. The van der Waals surface area contributed by atoms with Gasteiger partial charge in [0.2, 0.25) is 0 Å². The maximum atomic E-state index is 9.53. The zero-order valence-electron chi connectivity index (χ0n) is 14.1. The average Bonchev–Trinajstić information content (AvgIpc) is 3.17. The molecule has 4 rings (SSSR count). The van der Waals surface area contributed by atoms with Gasteiger partial charge in [-0.3, -0.25) is 4.90 Å². The molecule has 1 aromatic heterocycles. The number of nitrogens with one attached hydrogen (secondary N) is 1. The average molecular weight is 324 g/mol. The number of rotatable bonds is 4. The van der Waals surface area contributed by atoms with Crippen molar-refractivity contribution in [3.05, 3.63) is 47.2 Å². The molecule has 2 aliphatic heterocycles. The highest BCUT2D eigenvalue weighted by Crippen LogP contribution is 2.27. The normalized spacial score (nSPS) is 23.6. The molecule has 2 N–H and O–H groups in total. The Morgan fingerprint density at radius 2 is 1.92 bits per heavy atom. The Kier molecular flexibility index (Phi) is 4.31. The molecule has 2 atom stereocenters. The summed E-state index contributed by atoms with van der Waals surface area (Å²) in [4.78, 5) is 2.49. The summed E-state index contributed by atoms with van der Waals surface area (Å²) in [6.45, 7) is 7.57. The zero-order valence-corrected chi connectivity index (χ0v) is 14.1. The van der Waals surface area contributed by atoms with Crippen molar-refractivity contribution < 1.29 is 5.11 Å². The number of aryl methyl sites for hydroxylation is 1. The molecule has 0 aliphatic carbocycles. The van der Waals surface area contributed by atoms with Crippen molar-refractivity contribution >= 4 is 0 Å². The maximum Gasteiger partial charge on any atom is 0.0933 e. The largest absolute Gasteiger partial charge is 0.392 e. The predicted octanol–water partition coefficient (Wildman–Crippen LogP) is 1.60. The summed E-state index contributed by atoms with van der Waals surface area (Å²) in [5, 5.41) is 21.8. The molecule has 0 bridgehead atoms. The number of hydrogen-bond donors (Lipinski definition) is 2. The van der Waals surface area contributed by atoms with Crippen molar-refractivity contribution in [2.24, 2.45) is 11.8 Å². The van der Waals surface area contributed by atoms with E-state index in [2.05, 4.69) is 32.5 Å². The van der Waals surface area contributed by atoms with E-state index in [1.54, 1.807) is 0 Å². The number of nitrogens with zero attached hydrogens (tertiary/aromatic N) is 3. The molecule has 0 spiro atoms. The molecular formula is C19H24N4O. The summed E-state index contributed by atoms with van der Waals surface area (Å²) in [7, 11) is 0. The number of likely N-dealkylation sites (tertiary alicyclic amines) is 1. The van der Waals surface area contributed by atoms with E-state index < -0.39 is 0 Å². The van der Waals surface area contributed by atoms with Crippen LogP contribution in [0.2, 0.25) is 0 Å². The fourth-order valence-corrected chi connectivity index (χ4v) is 3.97. The van der Waals surface area contributed by atoms with Crippen molar-refractivity contribution in [2.45, 2.75) is 20.1 Å². The number of aliphatic hydroxyl groups excluding tert-OH is 1. The van der Waals surface area contributed by atoms with Crippen LogP contribution in [-0.2, 0) is 13.2 Å². The Hall–Kier alpha value is -1.82. The number of aromatic nitrogens is 2. The SMILES string of the molecule is Cc1ccc(CO)c(-c2ccc(CN3C[C@H]4CNC[C@H]4C3)nn2)c1. The number of aliphatic hydroxyl groups is 1. The van der Waals surface area contributed by atoms with Crippen LogP contribution in [-0.4, -0.2) is 46.4 Å². The van der Waals surface area contributed by atoms with Crippen molar-refractivity contribution in [1.29, 1.82) is 0 Å². The van der Waals surface area contributed by atoms with E-state index >= 15 is 0 Å². The van der Waals surface area contributed by atoms with Crippen LogP contribution in [0.5, 0.6) is 0 Å². The van der Waals surface area contributed by atoms with Crippen LogP contribution in [0.4, 0.5) is 0 Å². The molecule has 0 radical (unpaired) electrons. The number of hydrogen-bond acceptors (Lipinski definition) is 5. The van der Waals surface area contributed by atoms with Crippen molar-refractivity contribution in [3.8, 4) is 11.3 Å². The predicted molar refractivity (Wildman–Crippen MR) is 93.3 cm³/mol. The smallest absolute Gasteiger partial charge is 0.0933 e. The van der Waals surface area contributed by atoms with Crippen LogP contribution < -0.4 is 5.32 Å². The molecule has 24 heavy (non-hydrogen) atoms. The van der Waals surface area contributed by atoms with Gasteiger partial charge in [0.05, 0.1) is 18.0 Å². The Labute approximate surface area is 142 Å². The van der Waals surface area contributed by atoms with Gasteiger partial charge >= 0.3 is 0 Å². The van der Waals surface area contributed by atoms with Crippen molar-refractivity contribution in [1.82, 2.24) is 20.4 Å². The minimum atomic E-state index is 0.0175. The fraction of sp³-hybridized carbons (Fsp3) is 0.474. The lowest BCUT2D eigenvalue weighted by Crippen LogP contribution is -2.25. The lowest BCUT2D eigenvalue weighted by atomic mass is 10.0. The third kappa shape index (κ3) is 3.07. The van der Waals surface area contributed by atoms with E-state index in [0.717, 1.165) is 72.6 Å². The van der Waals surface area contributed by atoms with Crippen LogP contribution in [0, 0.1) is 18.8 Å². The molecule has 126 valence electrons. The van der Waals surface area contributed by atoms with Crippen LogP contribution in [0.1, 0.15) is 16.8 Å². The van der Waals surface area contributed by atoms with Gasteiger partial charge in [0, 0.05) is 25.2 Å². The molecule has 0 unspecified atom stereocenters. The Morgan fingerprint density at radius 3 is 2.58 bits per heavy atom. The summed E-state index contributed by atoms with van der Waals surface area (Å²) < 4.78 is 0. The number of fused-ring (bicyclic) bond motifs is 1. The van der Waals surface area contributed by atoms with E-state index in [9.17, 15) is 5.11 Å². The van der Waals surface area contributed by atoms with E-state index in [1.165, 1.54) is 0 Å². The van der Waals surface area contributed by atoms with Gasteiger partial charge in [-0.1, -0.05) is 17.7 Å². The monoisotopic (exact) mass is 324 g/mol. The molecule has 2 saturated heterocycles. The summed E-state index contributed by atoms with van der Waals surface area (Å²) in [6, 6.07) is 10.1. The van der Waals surface area contributed by atoms with Gasteiger partial charge in [0.1, 0.15) is 0 Å². The van der Waals surface area contributed by atoms with E-state index in [-0.39, 0.29) is 6.61 Å². The van der Waals surface area contributed by atoms with Gasteiger partial charge < -0.3 is 10.4 Å². The topological polar surface area (TPSA) is 61.3 Å². The van der Waals surface area contributed by atoms with Gasteiger partial charge in [-0.2, -0.15) is 10.2 Å². The highest BCUT2D eigenvalue weighted by Gasteiger charge is 2.35. The van der Waals surface area contributed by atoms with E-state index in [1.807, 2.05) is 25.1 Å². The zero-order chi connectivity index (χ0) is 16.5. The lowest BCUT2D eigenvalue weighted by molar-refractivity contribution is 0.282. The Balaban J connectivity index is 1.48. The molecule has 3 heterocycles. The summed E-state index contributed by atoms with van der Waals surface area (Å²) in [6.07, 6.45) is 0. The first-order chi connectivity index (χ1) is 11.7. The summed E-state index contributed by atoms with van der Waals surface area (Å²) in [5.74, 6) is 1.60. The van der Waals surface area contributed by atoms with Gasteiger partial charge in [-0.25, -0.2) is 0 Å². The second kappa shape index (κ2) is 6.59. The first kappa shape index (κ1) is 15.7. The molecule has 2 aromatic rings. The standard InChI is InChI=1S/C19H24N4O/c1-13-2-3-14(12-24)18(6-13)19-5-4-17(21-22-19)11-23-9-15-7-20-8-16(15)10-23/h2-6,15-16,20,24H,7-12H2,1H3/t15-,16+. The molecule has 0 amide bonds. The van der Waals surface area contributed by atoms with Crippen molar-refractivity contribution in [3.63, 3.8) is 0 Å². The lowest BCUT2D eigenvalue weighted by Gasteiger charge is -2.16. The minimum Gasteiger partial charge on any atom is -0.392 e. The van der Waals surface area contributed by atoms with Crippen LogP contribution in [0.3, 0.4) is 0 Å². The third-order valence-corrected chi connectivity index (χ3v) is 5.28. The molecule has 5 nitrogen and oxygen atoms in total. The maximum absolute atomic E-state index is 9.53. The third-order valence-electron chi connectivity index (χ3n) is 5.28. The second-order valence-electron chi connectivity index (χ2n) is 7.10. The quantitative estimate of drug-likeness (QED) is 0.894. The molecule has 1 aromatic carbocycles. The highest BCUT2D eigenvalue weighted by molar-refractivity contribution is 5.64. The second-order valence-corrected chi connectivity index (χ2v) is 7.10. The molecule has 2 aliphatic rings. The first-order valence-corrected chi connectivity index (χ1v) is 8.69. The van der Waals surface area contributed by atoms with Gasteiger partial charge in [-0.15, -0.1) is 0 Å². The highest BCUT2D eigenvalue weighted by atomic mass is 16.3. The Morgan fingerprint density at radius 1 is 1.12 bits per heavy atom. The fourth-order valence-electron chi connectivity index (χ4n) is 3.97. The molecule has 5 heteroatoms. The van der Waals surface area contributed by atoms with Crippen molar-refractivity contribution in [2.75, 3.05) is 26.2 Å². The van der Waals surface area contributed by atoms with E-state index in [4.69, 9.17) is 0 Å². The van der Waals surface area contributed by atoms with Crippen LogP contribution in [0.15, 0.2) is 30.3 Å². The minimum absolute atomic E-state index is 0.0175. The van der Waals surface area contributed by atoms with Gasteiger partial charge in [0.15, 0.2) is 0 Å². The molecule has 2 fully saturated rings.